The zero-order valence-electron chi connectivity index (χ0n) is 12.9. The number of nitrogens with zero attached hydrogens (tertiary/aromatic N) is 3. The van der Waals surface area contributed by atoms with Crippen LogP contribution in [0.5, 0.6) is 0 Å². The molecule has 23 heavy (non-hydrogen) atoms. The normalized spacial score (nSPS) is 10.9. The molecule has 0 amide bonds. The Hall–Kier alpha value is -2.17. The fourth-order valence-electron chi connectivity index (χ4n) is 2.71. The Morgan fingerprint density at radius 2 is 1.96 bits per heavy atom. The molecule has 0 radical (unpaired) electrons. The first-order chi connectivity index (χ1) is 11.2. The fraction of sp³-hybridized carbons (Fsp3) is 0.222. The van der Waals surface area contributed by atoms with E-state index in [0.29, 0.717) is 18.1 Å². The molecule has 0 saturated heterocycles. The number of aliphatic hydroxyl groups excluding tert-OH is 1. The summed E-state index contributed by atoms with van der Waals surface area (Å²) in [5, 5.41) is 11.1. The van der Waals surface area contributed by atoms with Crippen molar-refractivity contribution in [3.05, 3.63) is 64.9 Å². The summed E-state index contributed by atoms with van der Waals surface area (Å²) >= 11 is 6.07. The number of hydrogen-bond acceptors (Lipinski definition) is 4. The summed E-state index contributed by atoms with van der Waals surface area (Å²) in [5.41, 5.74) is 3.12. The second kappa shape index (κ2) is 6.94. The first-order valence-electron chi connectivity index (χ1n) is 7.49. The number of aryl methyl sites for hydroxylation is 1. The zero-order valence-corrected chi connectivity index (χ0v) is 13.7. The van der Waals surface area contributed by atoms with Crippen LogP contribution in [0.1, 0.15) is 11.1 Å². The molecule has 2 aromatic carbocycles. The van der Waals surface area contributed by atoms with Crippen molar-refractivity contribution < 1.29 is 5.11 Å². The van der Waals surface area contributed by atoms with Gasteiger partial charge in [-0.25, -0.2) is 9.97 Å². The molecule has 4 nitrogen and oxygen atoms in total. The lowest BCUT2D eigenvalue weighted by Gasteiger charge is -2.24. The largest absolute Gasteiger partial charge is 0.395 e. The number of hydrogen-bond donors (Lipinski definition) is 1. The van der Waals surface area contributed by atoms with Gasteiger partial charge in [-0.05, 0) is 36.2 Å². The third-order valence-corrected chi connectivity index (χ3v) is 4.01. The highest BCUT2D eigenvalue weighted by Gasteiger charge is 2.13. The number of rotatable bonds is 5. The van der Waals surface area contributed by atoms with Crippen LogP contribution in [-0.4, -0.2) is 28.2 Å². The summed E-state index contributed by atoms with van der Waals surface area (Å²) in [5.74, 6) is 0.827. The van der Waals surface area contributed by atoms with E-state index in [4.69, 9.17) is 11.6 Å². The number of anilines is 1. The van der Waals surface area contributed by atoms with Crippen molar-refractivity contribution in [1.29, 1.82) is 0 Å². The first-order valence-corrected chi connectivity index (χ1v) is 7.87. The maximum atomic E-state index is 9.45. The van der Waals surface area contributed by atoms with Gasteiger partial charge in [-0.3, -0.25) is 0 Å². The Morgan fingerprint density at radius 1 is 1.13 bits per heavy atom. The van der Waals surface area contributed by atoms with E-state index in [2.05, 4.69) is 14.9 Å². The monoisotopic (exact) mass is 327 g/mol. The molecule has 0 saturated carbocycles. The predicted octanol–water partition coefficient (Wildman–Crippen LogP) is 3.59. The van der Waals surface area contributed by atoms with E-state index in [1.54, 1.807) is 6.33 Å². The number of halogens is 1. The molecular weight excluding hydrogens is 310 g/mol. The van der Waals surface area contributed by atoms with Crippen LogP contribution < -0.4 is 4.90 Å². The van der Waals surface area contributed by atoms with Crippen molar-refractivity contribution in [1.82, 2.24) is 9.97 Å². The van der Waals surface area contributed by atoms with Gasteiger partial charge in [0.05, 0.1) is 12.1 Å². The number of aliphatic hydroxyl groups is 1. The van der Waals surface area contributed by atoms with Crippen molar-refractivity contribution in [2.75, 3.05) is 18.1 Å². The van der Waals surface area contributed by atoms with E-state index in [0.717, 1.165) is 27.8 Å². The molecule has 0 aliphatic carbocycles. The molecule has 0 atom stereocenters. The summed E-state index contributed by atoms with van der Waals surface area (Å²) in [7, 11) is 0. The highest BCUT2D eigenvalue weighted by atomic mass is 35.5. The summed E-state index contributed by atoms with van der Waals surface area (Å²) < 4.78 is 0. The number of para-hydroxylation sites is 1. The second-order valence-electron chi connectivity index (χ2n) is 5.44. The Balaban J connectivity index is 2.03. The molecular formula is C18H18ClN3O. The van der Waals surface area contributed by atoms with Gasteiger partial charge in [0, 0.05) is 23.5 Å². The highest BCUT2D eigenvalue weighted by Crippen LogP contribution is 2.26. The predicted molar refractivity (Wildman–Crippen MR) is 93.9 cm³/mol. The summed E-state index contributed by atoms with van der Waals surface area (Å²) in [4.78, 5) is 10.9. The minimum absolute atomic E-state index is 0.0535. The van der Waals surface area contributed by atoms with Crippen molar-refractivity contribution in [3.8, 4) is 0 Å². The highest BCUT2D eigenvalue weighted by molar-refractivity contribution is 6.30. The van der Waals surface area contributed by atoms with Gasteiger partial charge in [-0.1, -0.05) is 35.9 Å². The molecule has 118 valence electrons. The second-order valence-corrected chi connectivity index (χ2v) is 5.88. The maximum Gasteiger partial charge on any atom is 0.140 e. The Bertz CT molecular complexity index is 822. The van der Waals surface area contributed by atoms with Crippen molar-refractivity contribution >= 4 is 28.3 Å². The number of fused-ring (bicyclic) bond motifs is 1. The number of benzene rings is 2. The Labute approximate surface area is 140 Å². The molecule has 0 aliphatic heterocycles. The van der Waals surface area contributed by atoms with Crippen molar-refractivity contribution in [2.45, 2.75) is 13.5 Å². The first kappa shape index (κ1) is 15.7. The Morgan fingerprint density at radius 3 is 2.74 bits per heavy atom. The van der Waals surface area contributed by atoms with Gasteiger partial charge < -0.3 is 10.0 Å². The van der Waals surface area contributed by atoms with E-state index in [1.807, 2.05) is 49.4 Å². The molecule has 0 aliphatic rings. The molecule has 0 unspecified atom stereocenters. The van der Waals surface area contributed by atoms with Crippen LogP contribution in [0.2, 0.25) is 5.02 Å². The standard InChI is InChI=1S/C18H18ClN3O/c1-13-4-2-7-16-17(13)20-12-21-18(16)22(8-9-23)11-14-5-3-6-15(19)10-14/h2-7,10,12,23H,8-9,11H2,1H3. The third kappa shape index (κ3) is 3.44. The minimum Gasteiger partial charge on any atom is -0.395 e. The molecule has 5 heteroatoms. The van der Waals surface area contributed by atoms with Gasteiger partial charge in [0.25, 0.3) is 0 Å². The van der Waals surface area contributed by atoms with Gasteiger partial charge in [0.1, 0.15) is 12.1 Å². The summed E-state index contributed by atoms with van der Waals surface area (Å²) in [6.45, 7) is 3.21. The van der Waals surface area contributed by atoms with Crippen LogP contribution >= 0.6 is 11.6 Å². The van der Waals surface area contributed by atoms with E-state index < -0.39 is 0 Å². The fourth-order valence-corrected chi connectivity index (χ4v) is 2.92. The number of aromatic nitrogens is 2. The van der Waals surface area contributed by atoms with Gasteiger partial charge in [0.2, 0.25) is 0 Å². The molecule has 0 spiro atoms. The average Bonchev–Trinajstić information content (AvgIpc) is 2.54. The molecule has 3 aromatic rings. The molecule has 1 aromatic heterocycles. The van der Waals surface area contributed by atoms with Crippen LogP contribution in [0.4, 0.5) is 5.82 Å². The lowest BCUT2D eigenvalue weighted by molar-refractivity contribution is 0.301. The van der Waals surface area contributed by atoms with Gasteiger partial charge in [-0.2, -0.15) is 0 Å². The average molecular weight is 328 g/mol. The Kier molecular flexibility index (Phi) is 4.74. The summed E-state index contributed by atoms with van der Waals surface area (Å²) in [6, 6.07) is 13.8. The van der Waals surface area contributed by atoms with Crippen LogP contribution in [0.3, 0.4) is 0 Å². The van der Waals surface area contributed by atoms with Gasteiger partial charge in [0.15, 0.2) is 0 Å². The lowest BCUT2D eigenvalue weighted by atomic mass is 10.1. The molecule has 0 fully saturated rings. The van der Waals surface area contributed by atoms with Crippen LogP contribution in [0.25, 0.3) is 10.9 Å². The molecule has 3 rings (SSSR count). The van der Waals surface area contributed by atoms with E-state index in [1.165, 1.54) is 0 Å². The zero-order chi connectivity index (χ0) is 16.2. The molecule has 0 bridgehead atoms. The quantitative estimate of drug-likeness (QED) is 0.778. The van der Waals surface area contributed by atoms with E-state index in [-0.39, 0.29) is 6.61 Å². The van der Waals surface area contributed by atoms with E-state index in [9.17, 15) is 5.11 Å². The van der Waals surface area contributed by atoms with Crippen LogP contribution in [-0.2, 0) is 6.54 Å². The smallest absolute Gasteiger partial charge is 0.140 e. The van der Waals surface area contributed by atoms with Crippen molar-refractivity contribution in [3.63, 3.8) is 0 Å². The summed E-state index contributed by atoms with van der Waals surface area (Å²) in [6.07, 6.45) is 1.58. The lowest BCUT2D eigenvalue weighted by Crippen LogP contribution is -2.27. The van der Waals surface area contributed by atoms with Gasteiger partial charge in [-0.15, -0.1) is 0 Å². The van der Waals surface area contributed by atoms with Crippen LogP contribution in [0.15, 0.2) is 48.8 Å². The molecule has 1 N–H and O–H groups in total. The SMILES string of the molecule is Cc1cccc2c(N(CCO)Cc3cccc(Cl)c3)ncnc12. The van der Waals surface area contributed by atoms with Gasteiger partial charge >= 0.3 is 0 Å². The maximum absolute atomic E-state index is 9.45. The third-order valence-electron chi connectivity index (χ3n) is 3.78. The molecule has 1 heterocycles. The van der Waals surface area contributed by atoms with E-state index >= 15 is 0 Å². The van der Waals surface area contributed by atoms with Crippen LogP contribution in [0, 0.1) is 6.92 Å². The topological polar surface area (TPSA) is 49.2 Å². The van der Waals surface area contributed by atoms with Crippen molar-refractivity contribution in [2.24, 2.45) is 0 Å². The minimum atomic E-state index is 0.0535.